The molecule has 2 aromatic carbocycles. The maximum Gasteiger partial charge on any atom is 0.161 e. The number of nitrogens with zero attached hydrogens (tertiary/aromatic N) is 1. The van der Waals surface area contributed by atoms with Crippen molar-refractivity contribution in [3.63, 3.8) is 0 Å². The van der Waals surface area contributed by atoms with Crippen molar-refractivity contribution in [3.8, 4) is 11.5 Å². The van der Waals surface area contributed by atoms with Gasteiger partial charge in [-0.1, -0.05) is 18.2 Å². The van der Waals surface area contributed by atoms with E-state index in [1.165, 1.54) is 50.2 Å². The zero-order valence-corrected chi connectivity index (χ0v) is 18.2. The van der Waals surface area contributed by atoms with E-state index in [0.717, 1.165) is 23.8 Å². The molecule has 3 heterocycles. The molecule has 0 aliphatic carbocycles. The molecule has 2 bridgehead atoms. The first kappa shape index (κ1) is 23.7. The van der Waals surface area contributed by atoms with Gasteiger partial charge in [0.25, 0.3) is 0 Å². The molecule has 0 saturated carbocycles. The molecule has 3 aliphatic rings. The molecule has 4 nitrogen and oxygen atoms in total. The molecule has 0 aromatic heterocycles. The van der Waals surface area contributed by atoms with Gasteiger partial charge in [0.1, 0.15) is 12.4 Å². The number of rotatable bonds is 7. The molecular weight excluding hydrogens is 414 g/mol. The van der Waals surface area contributed by atoms with Crippen molar-refractivity contribution in [2.45, 2.75) is 32.0 Å². The Bertz CT molecular complexity index is 768. The fourth-order valence-electron chi connectivity index (χ4n) is 4.13. The number of halogens is 3. The first-order valence-electron chi connectivity index (χ1n) is 9.71. The van der Waals surface area contributed by atoms with Crippen LogP contribution in [0.1, 0.15) is 24.0 Å². The molecule has 5 rings (SSSR count). The van der Waals surface area contributed by atoms with Crippen molar-refractivity contribution in [3.05, 3.63) is 59.4 Å². The van der Waals surface area contributed by atoms with Crippen LogP contribution in [0, 0.1) is 11.7 Å². The van der Waals surface area contributed by atoms with E-state index in [2.05, 4.69) is 16.3 Å². The lowest BCUT2D eigenvalue weighted by molar-refractivity contribution is 0.0720. The minimum atomic E-state index is -0.240. The maximum absolute atomic E-state index is 13.0. The standard InChI is InChI=1S/C22H27FN2O2.2ClH/c1-26-22-12-17(13-24-20-14-25-10-8-18(20)9-11-25)4-7-21(22)27-15-16-2-5-19(23)6-3-16;;/h2-7,12,18,20,24H,8-11,13-15H2,1H3;2*1H. The summed E-state index contributed by atoms with van der Waals surface area (Å²) in [4.78, 5) is 2.56. The largest absolute Gasteiger partial charge is 0.493 e. The number of methoxy groups -OCH3 is 1. The van der Waals surface area contributed by atoms with Gasteiger partial charge in [0.15, 0.2) is 11.5 Å². The van der Waals surface area contributed by atoms with Crippen molar-refractivity contribution < 1.29 is 13.9 Å². The first-order chi connectivity index (χ1) is 13.2. The van der Waals surface area contributed by atoms with Crippen LogP contribution in [0.15, 0.2) is 42.5 Å². The first-order valence-corrected chi connectivity index (χ1v) is 9.71. The minimum absolute atomic E-state index is 0. The highest BCUT2D eigenvalue weighted by Gasteiger charge is 2.33. The van der Waals surface area contributed by atoms with Crippen LogP contribution in [-0.2, 0) is 13.2 Å². The number of fused-ring (bicyclic) bond motifs is 3. The van der Waals surface area contributed by atoms with Crippen molar-refractivity contribution >= 4 is 24.8 Å². The maximum atomic E-state index is 13.0. The molecule has 7 heteroatoms. The van der Waals surface area contributed by atoms with Crippen LogP contribution < -0.4 is 14.8 Å². The molecule has 0 spiro atoms. The molecule has 3 aliphatic heterocycles. The summed E-state index contributed by atoms with van der Waals surface area (Å²) < 4.78 is 24.4. The average Bonchev–Trinajstić information content (AvgIpc) is 2.73. The molecule has 160 valence electrons. The summed E-state index contributed by atoms with van der Waals surface area (Å²) in [5.41, 5.74) is 2.11. The lowest BCUT2D eigenvalue weighted by Gasteiger charge is -2.45. The molecular formula is C22H29Cl2FN2O2. The molecule has 1 atom stereocenters. The van der Waals surface area contributed by atoms with Gasteiger partial charge in [0.05, 0.1) is 7.11 Å². The van der Waals surface area contributed by atoms with E-state index < -0.39 is 0 Å². The minimum Gasteiger partial charge on any atom is -0.493 e. The molecule has 2 aromatic rings. The average molecular weight is 443 g/mol. The Morgan fingerprint density at radius 2 is 1.69 bits per heavy atom. The predicted octanol–water partition coefficient (Wildman–Crippen LogP) is 4.44. The Hall–Kier alpha value is -1.53. The molecule has 1 N–H and O–H groups in total. The molecule has 0 radical (unpaired) electrons. The van der Waals surface area contributed by atoms with E-state index in [-0.39, 0.29) is 30.6 Å². The topological polar surface area (TPSA) is 33.7 Å². The summed E-state index contributed by atoms with van der Waals surface area (Å²) in [5.74, 6) is 2.00. The van der Waals surface area contributed by atoms with E-state index in [1.54, 1.807) is 19.2 Å². The Kier molecular flexibility index (Phi) is 9.03. The summed E-state index contributed by atoms with van der Waals surface area (Å²) >= 11 is 0. The van der Waals surface area contributed by atoms with Gasteiger partial charge < -0.3 is 19.7 Å². The van der Waals surface area contributed by atoms with Crippen LogP contribution in [0.2, 0.25) is 0 Å². The third-order valence-corrected chi connectivity index (χ3v) is 5.76. The van der Waals surface area contributed by atoms with E-state index in [0.29, 0.717) is 18.4 Å². The summed E-state index contributed by atoms with van der Waals surface area (Å²) in [6.07, 6.45) is 2.63. The number of hydrogen-bond acceptors (Lipinski definition) is 4. The smallest absolute Gasteiger partial charge is 0.161 e. The molecule has 3 saturated heterocycles. The number of benzene rings is 2. The highest BCUT2D eigenvalue weighted by molar-refractivity contribution is 5.85. The van der Waals surface area contributed by atoms with Gasteiger partial charge in [0, 0.05) is 19.1 Å². The summed E-state index contributed by atoms with van der Waals surface area (Å²) in [6.45, 7) is 4.91. The molecule has 1 unspecified atom stereocenters. The monoisotopic (exact) mass is 442 g/mol. The molecule has 29 heavy (non-hydrogen) atoms. The van der Waals surface area contributed by atoms with Gasteiger partial charge in [0.2, 0.25) is 0 Å². The Labute approximate surface area is 184 Å². The Morgan fingerprint density at radius 3 is 2.31 bits per heavy atom. The zero-order valence-electron chi connectivity index (χ0n) is 16.6. The SMILES string of the molecule is COc1cc(CNC2CN3CCC2CC3)ccc1OCc1ccc(F)cc1.Cl.Cl. The lowest BCUT2D eigenvalue weighted by atomic mass is 9.84. The predicted molar refractivity (Wildman–Crippen MR) is 118 cm³/mol. The van der Waals surface area contributed by atoms with Crippen molar-refractivity contribution in [2.75, 3.05) is 26.7 Å². The Balaban J connectivity index is 0.00000150. The van der Waals surface area contributed by atoms with Crippen LogP contribution in [-0.4, -0.2) is 37.7 Å². The number of ether oxygens (including phenoxy) is 2. The summed E-state index contributed by atoms with van der Waals surface area (Å²) in [7, 11) is 1.66. The number of nitrogens with one attached hydrogen (secondary N) is 1. The van der Waals surface area contributed by atoms with E-state index >= 15 is 0 Å². The highest BCUT2D eigenvalue weighted by atomic mass is 35.5. The number of piperidine rings is 3. The third-order valence-electron chi connectivity index (χ3n) is 5.76. The van der Waals surface area contributed by atoms with Crippen LogP contribution in [0.25, 0.3) is 0 Å². The van der Waals surface area contributed by atoms with E-state index in [9.17, 15) is 4.39 Å². The number of hydrogen-bond donors (Lipinski definition) is 1. The Morgan fingerprint density at radius 1 is 1.00 bits per heavy atom. The second kappa shape index (κ2) is 11.0. The summed E-state index contributed by atoms with van der Waals surface area (Å²) in [6, 6.07) is 13.0. The van der Waals surface area contributed by atoms with Crippen molar-refractivity contribution in [1.29, 1.82) is 0 Å². The van der Waals surface area contributed by atoms with Gasteiger partial charge in [-0.25, -0.2) is 4.39 Å². The third kappa shape index (κ3) is 5.98. The van der Waals surface area contributed by atoms with E-state index in [4.69, 9.17) is 9.47 Å². The van der Waals surface area contributed by atoms with Crippen LogP contribution in [0.5, 0.6) is 11.5 Å². The summed E-state index contributed by atoms with van der Waals surface area (Å²) in [5, 5.41) is 3.73. The fraction of sp³-hybridized carbons (Fsp3) is 0.455. The highest BCUT2D eigenvalue weighted by Crippen LogP contribution is 2.30. The van der Waals surface area contributed by atoms with Crippen LogP contribution >= 0.6 is 24.8 Å². The van der Waals surface area contributed by atoms with E-state index in [1.807, 2.05) is 12.1 Å². The van der Waals surface area contributed by atoms with Crippen molar-refractivity contribution in [2.24, 2.45) is 5.92 Å². The normalized spacial score (nSPS) is 22.3. The lowest BCUT2D eigenvalue weighted by Crippen LogP contribution is -2.55. The van der Waals surface area contributed by atoms with Crippen molar-refractivity contribution in [1.82, 2.24) is 10.2 Å². The van der Waals surface area contributed by atoms with Gasteiger partial charge in [-0.05, 0) is 67.2 Å². The van der Waals surface area contributed by atoms with Crippen LogP contribution in [0.3, 0.4) is 0 Å². The quantitative estimate of drug-likeness (QED) is 0.686. The van der Waals surface area contributed by atoms with Crippen LogP contribution in [0.4, 0.5) is 4.39 Å². The molecule has 0 amide bonds. The van der Waals surface area contributed by atoms with Gasteiger partial charge >= 0.3 is 0 Å². The van der Waals surface area contributed by atoms with Gasteiger partial charge in [-0.2, -0.15) is 0 Å². The second-order valence-corrected chi connectivity index (χ2v) is 7.53. The second-order valence-electron chi connectivity index (χ2n) is 7.53. The zero-order chi connectivity index (χ0) is 18.6. The fourth-order valence-corrected chi connectivity index (χ4v) is 4.13. The molecule has 3 fully saturated rings. The van der Waals surface area contributed by atoms with Gasteiger partial charge in [-0.15, -0.1) is 24.8 Å². The van der Waals surface area contributed by atoms with Gasteiger partial charge in [-0.3, -0.25) is 0 Å².